The van der Waals surface area contributed by atoms with Gasteiger partial charge in [0.2, 0.25) is 0 Å². The van der Waals surface area contributed by atoms with Crippen LogP contribution in [0, 0.1) is 10.8 Å². The van der Waals surface area contributed by atoms with Gasteiger partial charge in [0.25, 0.3) is 0 Å². The highest BCUT2D eigenvalue weighted by Crippen LogP contribution is 2.36. The van der Waals surface area contributed by atoms with Crippen LogP contribution in [-0.2, 0) is 6.18 Å². The fourth-order valence-electron chi connectivity index (χ4n) is 1.66. The standard InChI is InChI=1S/C14H19F3N2O/c1-13(2,12(18)19)8-5-9-20-11-7-4-3-6-10(11)14(15,16)17/h3-4,6-7H,5,8-9H2,1-2H3,(H3,18,19). The Bertz CT molecular complexity index is 470. The van der Waals surface area contributed by atoms with E-state index in [-0.39, 0.29) is 18.2 Å². The van der Waals surface area contributed by atoms with E-state index in [1.807, 2.05) is 13.8 Å². The highest BCUT2D eigenvalue weighted by Gasteiger charge is 2.34. The second kappa shape index (κ2) is 6.15. The molecule has 0 saturated heterocycles. The van der Waals surface area contributed by atoms with Crippen molar-refractivity contribution in [3.8, 4) is 5.75 Å². The van der Waals surface area contributed by atoms with Crippen molar-refractivity contribution in [3.63, 3.8) is 0 Å². The highest BCUT2D eigenvalue weighted by molar-refractivity contribution is 5.82. The number of alkyl halides is 3. The number of hydrogen-bond acceptors (Lipinski definition) is 2. The predicted molar refractivity (Wildman–Crippen MR) is 71.9 cm³/mol. The number of rotatable bonds is 6. The summed E-state index contributed by atoms with van der Waals surface area (Å²) in [5.41, 5.74) is 4.20. The molecule has 1 aromatic carbocycles. The summed E-state index contributed by atoms with van der Waals surface area (Å²) in [5, 5.41) is 7.40. The van der Waals surface area contributed by atoms with Crippen LogP contribution in [-0.4, -0.2) is 12.4 Å². The molecule has 0 heterocycles. The molecular formula is C14H19F3N2O. The molecule has 112 valence electrons. The Kier molecular flexibility index (Phi) is 5.03. The molecule has 0 spiro atoms. The van der Waals surface area contributed by atoms with E-state index in [0.29, 0.717) is 12.8 Å². The first kappa shape index (κ1) is 16.3. The number of ether oxygens (including phenoxy) is 1. The molecule has 0 fully saturated rings. The molecule has 0 amide bonds. The fraction of sp³-hybridized carbons (Fsp3) is 0.500. The van der Waals surface area contributed by atoms with Crippen LogP contribution in [0.2, 0.25) is 0 Å². The summed E-state index contributed by atoms with van der Waals surface area (Å²) in [7, 11) is 0. The SMILES string of the molecule is CC(C)(CCCOc1ccccc1C(F)(F)F)C(=N)N. The van der Waals surface area contributed by atoms with E-state index in [1.165, 1.54) is 18.2 Å². The maximum absolute atomic E-state index is 12.7. The lowest BCUT2D eigenvalue weighted by Crippen LogP contribution is -2.31. The third-order valence-electron chi connectivity index (χ3n) is 3.13. The highest BCUT2D eigenvalue weighted by atomic mass is 19.4. The van der Waals surface area contributed by atoms with Gasteiger partial charge in [0.15, 0.2) is 0 Å². The second-order valence-corrected chi connectivity index (χ2v) is 5.24. The molecule has 6 heteroatoms. The molecule has 20 heavy (non-hydrogen) atoms. The predicted octanol–water partition coefficient (Wildman–Crippen LogP) is 3.83. The van der Waals surface area contributed by atoms with Gasteiger partial charge >= 0.3 is 6.18 Å². The first-order valence-electron chi connectivity index (χ1n) is 6.28. The molecule has 0 unspecified atom stereocenters. The second-order valence-electron chi connectivity index (χ2n) is 5.24. The zero-order valence-corrected chi connectivity index (χ0v) is 11.6. The van der Waals surface area contributed by atoms with Gasteiger partial charge in [-0.3, -0.25) is 5.41 Å². The van der Waals surface area contributed by atoms with E-state index in [2.05, 4.69) is 0 Å². The van der Waals surface area contributed by atoms with E-state index < -0.39 is 17.2 Å². The van der Waals surface area contributed by atoms with Crippen molar-refractivity contribution in [1.29, 1.82) is 5.41 Å². The van der Waals surface area contributed by atoms with Crippen molar-refractivity contribution in [2.45, 2.75) is 32.9 Å². The van der Waals surface area contributed by atoms with Gasteiger partial charge in [0, 0.05) is 5.41 Å². The van der Waals surface area contributed by atoms with Gasteiger partial charge < -0.3 is 10.5 Å². The van der Waals surface area contributed by atoms with Crippen LogP contribution in [0.1, 0.15) is 32.3 Å². The van der Waals surface area contributed by atoms with Crippen molar-refractivity contribution in [2.24, 2.45) is 11.1 Å². The van der Waals surface area contributed by atoms with E-state index in [9.17, 15) is 13.2 Å². The number of para-hydroxylation sites is 1. The van der Waals surface area contributed by atoms with Crippen LogP contribution < -0.4 is 10.5 Å². The Morgan fingerprint density at radius 3 is 2.40 bits per heavy atom. The molecule has 1 rings (SSSR count). The summed E-state index contributed by atoms with van der Waals surface area (Å²) in [6.45, 7) is 3.79. The molecule has 0 radical (unpaired) electrons. The first-order valence-corrected chi connectivity index (χ1v) is 6.28. The molecule has 0 aliphatic carbocycles. The molecule has 0 aromatic heterocycles. The number of halogens is 3. The van der Waals surface area contributed by atoms with Gasteiger partial charge in [-0.25, -0.2) is 0 Å². The van der Waals surface area contributed by atoms with Crippen molar-refractivity contribution in [1.82, 2.24) is 0 Å². The summed E-state index contributed by atoms with van der Waals surface area (Å²) >= 11 is 0. The molecular weight excluding hydrogens is 269 g/mol. The van der Waals surface area contributed by atoms with Crippen LogP contribution in [0.5, 0.6) is 5.75 Å². The van der Waals surface area contributed by atoms with Gasteiger partial charge in [0.1, 0.15) is 5.75 Å². The Hall–Kier alpha value is -1.72. The summed E-state index contributed by atoms with van der Waals surface area (Å²) in [5.74, 6) is -0.103. The minimum absolute atomic E-state index is 0.0631. The van der Waals surface area contributed by atoms with E-state index in [0.717, 1.165) is 6.07 Å². The number of hydrogen-bond donors (Lipinski definition) is 2. The smallest absolute Gasteiger partial charge is 0.419 e. The van der Waals surface area contributed by atoms with Crippen LogP contribution >= 0.6 is 0 Å². The average molecular weight is 288 g/mol. The molecule has 0 saturated carbocycles. The minimum Gasteiger partial charge on any atom is -0.493 e. The molecule has 0 bridgehead atoms. The third-order valence-corrected chi connectivity index (χ3v) is 3.13. The monoisotopic (exact) mass is 288 g/mol. The van der Waals surface area contributed by atoms with E-state index in [4.69, 9.17) is 15.9 Å². The van der Waals surface area contributed by atoms with Crippen molar-refractivity contribution in [3.05, 3.63) is 29.8 Å². The fourth-order valence-corrected chi connectivity index (χ4v) is 1.66. The van der Waals surface area contributed by atoms with Crippen LogP contribution in [0.3, 0.4) is 0 Å². The Balaban J connectivity index is 2.58. The lowest BCUT2D eigenvalue weighted by molar-refractivity contribution is -0.139. The molecule has 3 nitrogen and oxygen atoms in total. The first-order chi connectivity index (χ1) is 9.14. The normalized spacial score (nSPS) is 12.2. The number of nitrogens with one attached hydrogen (secondary N) is 1. The van der Waals surface area contributed by atoms with E-state index in [1.54, 1.807) is 0 Å². The maximum atomic E-state index is 12.7. The summed E-state index contributed by atoms with van der Waals surface area (Å²) in [4.78, 5) is 0. The van der Waals surface area contributed by atoms with Crippen molar-refractivity contribution >= 4 is 5.84 Å². The summed E-state index contributed by atoms with van der Waals surface area (Å²) in [6.07, 6.45) is -3.31. The van der Waals surface area contributed by atoms with Crippen LogP contribution in [0.4, 0.5) is 13.2 Å². The molecule has 3 N–H and O–H groups in total. The maximum Gasteiger partial charge on any atom is 0.419 e. The zero-order chi connectivity index (χ0) is 15.4. The lowest BCUT2D eigenvalue weighted by Gasteiger charge is -2.22. The average Bonchev–Trinajstić information content (AvgIpc) is 2.34. The topological polar surface area (TPSA) is 59.1 Å². The lowest BCUT2D eigenvalue weighted by atomic mass is 9.87. The number of nitrogens with two attached hydrogens (primary N) is 1. The van der Waals surface area contributed by atoms with E-state index >= 15 is 0 Å². The van der Waals surface area contributed by atoms with Crippen LogP contribution in [0.25, 0.3) is 0 Å². The van der Waals surface area contributed by atoms with Gasteiger partial charge in [-0.1, -0.05) is 26.0 Å². The Morgan fingerprint density at radius 2 is 1.85 bits per heavy atom. The Morgan fingerprint density at radius 1 is 1.25 bits per heavy atom. The molecule has 0 aliphatic heterocycles. The van der Waals surface area contributed by atoms with Gasteiger partial charge in [-0.15, -0.1) is 0 Å². The largest absolute Gasteiger partial charge is 0.493 e. The van der Waals surface area contributed by atoms with Crippen molar-refractivity contribution < 1.29 is 17.9 Å². The number of benzene rings is 1. The van der Waals surface area contributed by atoms with Crippen LogP contribution in [0.15, 0.2) is 24.3 Å². The molecule has 0 atom stereocenters. The summed E-state index contributed by atoms with van der Waals surface area (Å²) in [6, 6.07) is 5.13. The van der Waals surface area contributed by atoms with Gasteiger partial charge in [0.05, 0.1) is 18.0 Å². The number of amidine groups is 1. The molecule has 0 aliphatic rings. The van der Waals surface area contributed by atoms with Gasteiger partial charge in [-0.05, 0) is 25.0 Å². The minimum atomic E-state index is -4.42. The zero-order valence-electron chi connectivity index (χ0n) is 11.6. The third kappa shape index (κ3) is 4.43. The Labute approximate surface area is 116 Å². The quantitative estimate of drug-likeness (QED) is 0.475. The summed E-state index contributed by atoms with van der Waals surface area (Å²) < 4.78 is 43.4. The van der Waals surface area contributed by atoms with Gasteiger partial charge in [-0.2, -0.15) is 13.2 Å². The van der Waals surface area contributed by atoms with Crippen molar-refractivity contribution in [2.75, 3.05) is 6.61 Å². The molecule has 1 aromatic rings.